The fourth-order valence-corrected chi connectivity index (χ4v) is 4.04. The van der Waals surface area contributed by atoms with Gasteiger partial charge in [0.25, 0.3) is 0 Å². The maximum absolute atomic E-state index is 3.93. The number of thioether (sulfide) groups is 1. The van der Waals surface area contributed by atoms with Gasteiger partial charge in [0.1, 0.15) is 0 Å². The smallest absolute Gasteiger partial charge is 0.0161 e. The second kappa shape index (κ2) is 5.09. The van der Waals surface area contributed by atoms with Crippen LogP contribution in [-0.2, 0) is 0 Å². The van der Waals surface area contributed by atoms with Crippen molar-refractivity contribution >= 4 is 11.8 Å². The highest BCUT2D eigenvalue weighted by Gasteiger charge is 2.33. The minimum absolute atomic E-state index is 0.528. The number of hydrogen-bond acceptors (Lipinski definition) is 2. The molecule has 0 spiro atoms. The lowest BCUT2D eigenvalue weighted by Crippen LogP contribution is -2.50. The van der Waals surface area contributed by atoms with Crippen LogP contribution in [0, 0.1) is 5.41 Å². The summed E-state index contributed by atoms with van der Waals surface area (Å²) in [6.07, 6.45) is 8.49. The summed E-state index contributed by atoms with van der Waals surface area (Å²) in [4.78, 5) is 0. The molecule has 2 heteroatoms. The van der Waals surface area contributed by atoms with Crippen LogP contribution in [0.5, 0.6) is 0 Å². The summed E-state index contributed by atoms with van der Waals surface area (Å²) in [6, 6.07) is 1.57. The van der Waals surface area contributed by atoms with Gasteiger partial charge in [-0.05, 0) is 36.9 Å². The summed E-state index contributed by atoms with van der Waals surface area (Å²) >= 11 is 2.13. The average Bonchev–Trinajstić information content (AvgIpc) is 2.23. The molecule has 0 bridgehead atoms. The third-order valence-electron chi connectivity index (χ3n) is 4.10. The lowest BCUT2D eigenvalue weighted by Gasteiger charge is -2.42. The Labute approximate surface area is 98.8 Å². The van der Waals surface area contributed by atoms with E-state index in [1.54, 1.807) is 0 Å². The zero-order chi connectivity index (χ0) is 10.7. The molecule has 2 unspecified atom stereocenters. The molecule has 0 aromatic rings. The Morgan fingerprint density at radius 1 is 1.13 bits per heavy atom. The van der Waals surface area contributed by atoms with E-state index in [1.165, 1.54) is 50.0 Å². The molecule has 1 nitrogen and oxygen atoms in total. The van der Waals surface area contributed by atoms with Crippen molar-refractivity contribution in [3.8, 4) is 0 Å². The lowest BCUT2D eigenvalue weighted by molar-refractivity contribution is 0.156. The maximum Gasteiger partial charge on any atom is 0.0161 e. The molecule has 1 aliphatic heterocycles. The Kier molecular flexibility index (Phi) is 4.00. The average molecular weight is 227 g/mol. The van der Waals surface area contributed by atoms with Gasteiger partial charge < -0.3 is 5.32 Å². The van der Waals surface area contributed by atoms with Crippen LogP contribution in [0.15, 0.2) is 0 Å². The van der Waals surface area contributed by atoms with Gasteiger partial charge in [0.2, 0.25) is 0 Å². The zero-order valence-electron chi connectivity index (χ0n) is 10.2. The predicted octanol–water partition coefficient (Wildman–Crippen LogP) is 3.44. The Hall–Kier alpha value is 0.310. The van der Waals surface area contributed by atoms with Crippen LogP contribution in [-0.4, -0.2) is 23.6 Å². The van der Waals surface area contributed by atoms with Gasteiger partial charge in [0, 0.05) is 17.8 Å². The molecule has 0 aromatic heterocycles. The van der Waals surface area contributed by atoms with Gasteiger partial charge in [-0.25, -0.2) is 0 Å². The molecule has 2 fully saturated rings. The number of nitrogens with one attached hydrogen (secondary N) is 1. The first-order valence-electron chi connectivity index (χ1n) is 6.52. The summed E-state index contributed by atoms with van der Waals surface area (Å²) in [7, 11) is 0. The van der Waals surface area contributed by atoms with Gasteiger partial charge in [-0.15, -0.1) is 0 Å². The van der Waals surface area contributed by atoms with Crippen LogP contribution in [0.3, 0.4) is 0 Å². The van der Waals surface area contributed by atoms with Crippen LogP contribution in [0.1, 0.15) is 52.4 Å². The van der Waals surface area contributed by atoms with Crippen molar-refractivity contribution in [2.45, 2.75) is 64.5 Å². The molecule has 0 aromatic carbocycles. The van der Waals surface area contributed by atoms with E-state index in [0.29, 0.717) is 5.41 Å². The van der Waals surface area contributed by atoms with Gasteiger partial charge in [-0.2, -0.15) is 11.8 Å². The standard InChI is InChI=1S/C13H25NS/c1-13(2)8-4-3-7-12(13)14-11-6-5-9-15-10-11/h11-12,14H,3-10H2,1-2H3. The van der Waals surface area contributed by atoms with E-state index < -0.39 is 0 Å². The first kappa shape index (κ1) is 11.8. The quantitative estimate of drug-likeness (QED) is 0.775. The van der Waals surface area contributed by atoms with E-state index in [9.17, 15) is 0 Å². The summed E-state index contributed by atoms with van der Waals surface area (Å²) < 4.78 is 0. The molecule has 2 atom stereocenters. The highest BCUT2D eigenvalue weighted by Crippen LogP contribution is 2.36. The summed E-state index contributed by atoms with van der Waals surface area (Å²) in [6.45, 7) is 4.89. The molecule has 1 saturated heterocycles. The molecule has 2 rings (SSSR count). The van der Waals surface area contributed by atoms with Crippen LogP contribution in [0.25, 0.3) is 0 Å². The minimum atomic E-state index is 0.528. The van der Waals surface area contributed by atoms with E-state index in [4.69, 9.17) is 0 Å². The summed E-state index contributed by atoms with van der Waals surface area (Å²) in [5.74, 6) is 2.72. The third-order valence-corrected chi connectivity index (χ3v) is 5.32. The fraction of sp³-hybridized carbons (Fsp3) is 1.00. The van der Waals surface area contributed by atoms with E-state index >= 15 is 0 Å². The van der Waals surface area contributed by atoms with Crippen LogP contribution >= 0.6 is 11.8 Å². The van der Waals surface area contributed by atoms with Crippen molar-refractivity contribution in [1.29, 1.82) is 0 Å². The first-order chi connectivity index (χ1) is 7.18. The topological polar surface area (TPSA) is 12.0 Å². The molecular weight excluding hydrogens is 202 g/mol. The Morgan fingerprint density at radius 2 is 2.00 bits per heavy atom. The van der Waals surface area contributed by atoms with Crippen molar-refractivity contribution in [2.24, 2.45) is 5.41 Å². The first-order valence-corrected chi connectivity index (χ1v) is 7.68. The van der Waals surface area contributed by atoms with Gasteiger partial charge in [0.15, 0.2) is 0 Å². The Bertz CT molecular complexity index is 197. The molecule has 0 radical (unpaired) electrons. The Morgan fingerprint density at radius 3 is 2.67 bits per heavy atom. The number of rotatable bonds is 2. The van der Waals surface area contributed by atoms with Crippen molar-refractivity contribution in [2.75, 3.05) is 11.5 Å². The van der Waals surface area contributed by atoms with Gasteiger partial charge in [-0.3, -0.25) is 0 Å². The molecule has 1 N–H and O–H groups in total. The van der Waals surface area contributed by atoms with Gasteiger partial charge >= 0.3 is 0 Å². The zero-order valence-corrected chi connectivity index (χ0v) is 11.0. The molecular formula is C13H25NS. The van der Waals surface area contributed by atoms with Gasteiger partial charge in [0.05, 0.1) is 0 Å². The van der Waals surface area contributed by atoms with Crippen molar-refractivity contribution < 1.29 is 0 Å². The lowest BCUT2D eigenvalue weighted by atomic mass is 9.73. The van der Waals surface area contributed by atoms with E-state index in [2.05, 4.69) is 30.9 Å². The molecule has 15 heavy (non-hydrogen) atoms. The highest BCUT2D eigenvalue weighted by molar-refractivity contribution is 7.99. The van der Waals surface area contributed by atoms with Crippen molar-refractivity contribution in [1.82, 2.24) is 5.32 Å². The number of hydrogen-bond donors (Lipinski definition) is 1. The monoisotopic (exact) mass is 227 g/mol. The fourth-order valence-electron chi connectivity index (χ4n) is 2.96. The predicted molar refractivity (Wildman–Crippen MR) is 69.5 cm³/mol. The molecule has 1 saturated carbocycles. The summed E-state index contributed by atoms with van der Waals surface area (Å²) in [5.41, 5.74) is 0.528. The molecule has 88 valence electrons. The second-order valence-corrected chi connectivity index (χ2v) is 7.02. The highest BCUT2D eigenvalue weighted by atomic mass is 32.2. The van der Waals surface area contributed by atoms with E-state index in [1.807, 2.05) is 0 Å². The van der Waals surface area contributed by atoms with E-state index in [0.717, 1.165) is 12.1 Å². The minimum Gasteiger partial charge on any atom is -0.310 e. The van der Waals surface area contributed by atoms with Crippen molar-refractivity contribution in [3.63, 3.8) is 0 Å². The van der Waals surface area contributed by atoms with Crippen LogP contribution in [0.2, 0.25) is 0 Å². The molecule has 1 aliphatic carbocycles. The molecule has 0 amide bonds. The second-order valence-electron chi connectivity index (χ2n) is 5.87. The van der Waals surface area contributed by atoms with Crippen LogP contribution in [0.4, 0.5) is 0 Å². The Balaban J connectivity index is 1.85. The molecule has 1 heterocycles. The largest absolute Gasteiger partial charge is 0.310 e. The van der Waals surface area contributed by atoms with Crippen LogP contribution < -0.4 is 5.32 Å². The normalized spacial score (nSPS) is 36.4. The maximum atomic E-state index is 3.93. The van der Waals surface area contributed by atoms with Gasteiger partial charge in [-0.1, -0.05) is 26.7 Å². The summed E-state index contributed by atoms with van der Waals surface area (Å²) in [5, 5.41) is 3.93. The van der Waals surface area contributed by atoms with Crippen molar-refractivity contribution in [3.05, 3.63) is 0 Å². The SMILES string of the molecule is CC1(C)CCCCC1NC1CCCSC1. The molecule has 2 aliphatic rings. The third kappa shape index (κ3) is 3.13. The van der Waals surface area contributed by atoms with E-state index in [-0.39, 0.29) is 0 Å².